The van der Waals surface area contributed by atoms with Crippen molar-refractivity contribution in [2.75, 3.05) is 6.61 Å². The molecule has 0 rings (SSSR count). The summed E-state index contributed by atoms with van der Waals surface area (Å²) in [7, 11) is 0. The van der Waals surface area contributed by atoms with Gasteiger partial charge in [-0.1, -0.05) is 6.92 Å². The first-order valence-corrected chi connectivity index (χ1v) is 3.96. The summed E-state index contributed by atoms with van der Waals surface area (Å²) in [4.78, 5) is 0. The molecule has 1 N–H and O–H groups in total. The van der Waals surface area contributed by atoms with Crippen molar-refractivity contribution < 1.29 is 9.84 Å². The van der Waals surface area contributed by atoms with Crippen molar-refractivity contribution in [2.24, 2.45) is 0 Å². The molecular weight excluding hydrogens is 128 g/mol. The van der Waals surface area contributed by atoms with Crippen molar-refractivity contribution in [3.8, 4) is 0 Å². The fourth-order valence-corrected chi connectivity index (χ4v) is 0.867. The average Bonchev–Trinajstić information content (AvgIpc) is 1.82. The lowest BCUT2D eigenvalue weighted by molar-refractivity contribution is 0.0296. The van der Waals surface area contributed by atoms with E-state index in [4.69, 9.17) is 9.84 Å². The molecule has 0 aromatic rings. The third-order valence-corrected chi connectivity index (χ3v) is 1.28. The van der Waals surface area contributed by atoms with E-state index in [-0.39, 0.29) is 12.2 Å². The van der Waals surface area contributed by atoms with Crippen molar-refractivity contribution in [1.82, 2.24) is 0 Å². The number of rotatable bonds is 5. The molecule has 0 amide bonds. The maximum Gasteiger partial charge on any atom is 0.0571 e. The minimum absolute atomic E-state index is 0.194. The van der Waals surface area contributed by atoms with Crippen LogP contribution in [0.15, 0.2) is 0 Å². The highest BCUT2D eigenvalue weighted by molar-refractivity contribution is 4.54. The number of aliphatic hydroxyl groups excluding tert-OH is 1. The second-order valence-electron chi connectivity index (χ2n) is 2.77. The Morgan fingerprint density at radius 1 is 1.40 bits per heavy atom. The SMILES string of the molecule is CCCO[C@@H](C)C[C@H](C)O. The number of ether oxygens (including phenoxy) is 1. The van der Waals surface area contributed by atoms with Crippen LogP contribution in [-0.2, 0) is 4.74 Å². The zero-order valence-corrected chi connectivity index (χ0v) is 7.13. The Balaban J connectivity index is 3.16. The molecule has 0 saturated carbocycles. The van der Waals surface area contributed by atoms with Gasteiger partial charge in [0.15, 0.2) is 0 Å². The summed E-state index contributed by atoms with van der Waals surface area (Å²) >= 11 is 0. The summed E-state index contributed by atoms with van der Waals surface area (Å²) in [5.74, 6) is 0. The summed E-state index contributed by atoms with van der Waals surface area (Å²) in [6.07, 6.45) is 1.73. The van der Waals surface area contributed by atoms with Crippen LogP contribution in [0.4, 0.5) is 0 Å². The first-order valence-electron chi connectivity index (χ1n) is 3.96. The van der Waals surface area contributed by atoms with Gasteiger partial charge in [0, 0.05) is 6.61 Å². The predicted octanol–water partition coefficient (Wildman–Crippen LogP) is 1.57. The molecule has 0 radical (unpaired) electrons. The van der Waals surface area contributed by atoms with Gasteiger partial charge in [-0.05, 0) is 26.7 Å². The van der Waals surface area contributed by atoms with Crippen molar-refractivity contribution in [2.45, 2.75) is 45.8 Å². The van der Waals surface area contributed by atoms with Crippen molar-refractivity contribution in [3.63, 3.8) is 0 Å². The molecule has 0 fully saturated rings. The van der Waals surface area contributed by atoms with Crippen LogP contribution in [0.1, 0.15) is 33.6 Å². The maximum absolute atomic E-state index is 8.94. The third kappa shape index (κ3) is 6.05. The lowest BCUT2D eigenvalue weighted by Crippen LogP contribution is -2.15. The van der Waals surface area contributed by atoms with Crippen LogP contribution in [0.2, 0.25) is 0 Å². The minimum atomic E-state index is -0.244. The van der Waals surface area contributed by atoms with E-state index in [0.29, 0.717) is 0 Å². The van der Waals surface area contributed by atoms with Crippen molar-refractivity contribution >= 4 is 0 Å². The van der Waals surface area contributed by atoms with Crippen LogP contribution in [0, 0.1) is 0 Å². The number of hydrogen-bond acceptors (Lipinski definition) is 2. The largest absolute Gasteiger partial charge is 0.393 e. The van der Waals surface area contributed by atoms with Gasteiger partial charge in [0.1, 0.15) is 0 Å². The molecule has 62 valence electrons. The lowest BCUT2D eigenvalue weighted by atomic mass is 10.2. The minimum Gasteiger partial charge on any atom is -0.393 e. The van der Waals surface area contributed by atoms with Gasteiger partial charge in [-0.15, -0.1) is 0 Å². The Kier molecular flexibility index (Phi) is 5.64. The van der Waals surface area contributed by atoms with E-state index in [1.54, 1.807) is 6.92 Å². The van der Waals surface area contributed by atoms with Gasteiger partial charge in [0.05, 0.1) is 12.2 Å². The zero-order chi connectivity index (χ0) is 7.98. The molecule has 0 spiro atoms. The molecule has 2 atom stereocenters. The van der Waals surface area contributed by atoms with Crippen LogP contribution in [-0.4, -0.2) is 23.9 Å². The van der Waals surface area contributed by atoms with Crippen LogP contribution >= 0.6 is 0 Å². The van der Waals surface area contributed by atoms with Gasteiger partial charge in [-0.25, -0.2) is 0 Å². The normalized spacial score (nSPS) is 16.8. The Bertz CT molecular complexity index is 71.7. The van der Waals surface area contributed by atoms with Gasteiger partial charge in [-0.3, -0.25) is 0 Å². The van der Waals surface area contributed by atoms with Crippen LogP contribution in [0.25, 0.3) is 0 Å². The second-order valence-corrected chi connectivity index (χ2v) is 2.77. The molecule has 2 nitrogen and oxygen atoms in total. The smallest absolute Gasteiger partial charge is 0.0571 e. The molecule has 0 aliphatic carbocycles. The van der Waals surface area contributed by atoms with E-state index >= 15 is 0 Å². The summed E-state index contributed by atoms with van der Waals surface area (Å²) in [5.41, 5.74) is 0. The van der Waals surface area contributed by atoms with E-state index in [1.807, 2.05) is 6.92 Å². The van der Waals surface area contributed by atoms with Gasteiger partial charge in [0.25, 0.3) is 0 Å². The highest BCUT2D eigenvalue weighted by Crippen LogP contribution is 2.01. The van der Waals surface area contributed by atoms with Gasteiger partial charge < -0.3 is 9.84 Å². The van der Waals surface area contributed by atoms with Crippen LogP contribution in [0.5, 0.6) is 0 Å². The summed E-state index contributed by atoms with van der Waals surface area (Å²) in [6.45, 7) is 6.65. The third-order valence-electron chi connectivity index (χ3n) is 1.28. The standard InChI is InChI=1S/C8H18O2/c1-4-5-10-8(3)6-7(2)9/h7-9H,4-6H2,1-3H3/t7-,8-/m0/s1. The lowest BCUT2D eigenvalue weighted by Gasteiger charge is -2.13. The quantitative estimate of drug-likeness (QED) is 0.638. The Morgan fingerprint density at radius 3 is 2.40 bits per heavy atom. The van der Waals surface area contributed by atoms with Crippen molar-refractivity contribution in [3.05, 3.63) is 0 Å². The molecule has 0 heterocycles. The summed E-state index contributed by atoms with van der Waals surface area (Å²) < 4.78 is 5.34. The Morgan fingerprint density at radius 2 is 2.00 bits per heavy atom. The molecule has 0 aliphatic rings. The number of aliphatic hydroxyl groups is 1. The molecule has 0 bridgehead atoms. The highest BCUT2D eigenvalue weighted by Gasteiger charge is 2.04. The fraction of sp³-hybridized carbons (Fsp3) is 1.00. The van der Waals surface area contributed by atoms with E-state index in [2.05, 4.69) is 6.92 Å². The molecule has 10 heavy (non-hydrogen) atoms. The summed E-state index contributed by atoms with van der Waals surface area (Å²) in [5, 5.41) is 8.94. The first kappa shape index (κ1) is 9.92. The Labute approximate surface area is 63.2 Å². The maximum atomic E-state index is 8.94. The van der Waals surface area contributed by atoms with E-state index in [9.17, 15) is 0 Å². The van der Waals surface area contributed by atoms with Crippen LogP contribution < -0.4 is 0 Å². The van der Waals surface area contributed by atoms with Gasteiger partial charge >= 0.3 is 0 Å². The fourth-order valence-electron chi connectivity index (χ4n) is 0.867. The van der Waals surface area contributed by atoms with Gasteiger partial charge in [0.2, 0.25) is 0 Å². The molecular formula is C8H18O2. The molecule has 0 saturated heterocycles. The molecule has 0 aliphatic heterocycles. The topological polar surface area (TPSA) is 29.5 Å². The Hall–Kier alpha value is -0.0800. The van der Waals surface area contributed by atoms with E-state index in [1.165, 1.54) is 0 Å². The monoisotopic (exact) mass is 146 g/mol. The van der Waals surface area contributed by atoms with Crippen LogP contribution in [0.3, 0.4) is 0 Å². The van der Waals surface area contributed by atoms with Crippen molar-refractivity contribution in [1.29, 1.82) is 0 Å². The van der Waals surface area contributed by atoms with Gasteiger partial charge in [-0.2, -0.15) is 0 Å². The first-order chi connectivity index (χ1) is 4.66. The second kappa shape index (κ2) is 5.69. The molecule has 0 aromatic heterocycles. The number of hydrogen-bond donors (Lipinski definition) is 1. The zero-order valence-electron chi connectivity index (χ0n) is 7.13. The van der Waals surface area contributed by atoms with E-state index < -0.39 is 0 Å². The van der Waals surface area contributed by atoms with E-state index in [0.717, 1.165) is 19.4 Å². The summed E-state index contributed by atoms with van der Waals surface area (Å²) in [6, 6.07) is 0. The highest BCUT2D eigenvalue weighted by atomic mass is 16.5. The molecule has 0 aromatic carbocycles. The predicted molar refractivity (Wildman–Crippen MR) is 42.0 cm³/mol. The molecule has 0 unspecified atom stereocenters. The average molecular weight is 146 g/mol. The molecule has 2 heteroatoms.